The molecular formula is C13H23NO2. The third kappa shape index (κ3) is 2.40. The lowest BCUT2D eigenvalue weighted by atomic mass is 9.76. The van der Waals surface area contributed by atoms with Gasteiger partial charge in [0.2, 0.25) is 5.91 Å². The Balaban J connectivity index is 1.90. The first-order valence-corrected chi connectivity index (χ1v) is 6.58. The maximum atomic E-state index is 11.9. The SMILES string of the molecule is CC1CCC(CO)(NC(=O)C2CCC2)CC1. The van der Waals surface area contributed by atoms with Gasteiger partial charge in [0.1, 0.15) is 0 Å². The quantitative estimate of drug-likeness (QED) is 0.770. The van der Waals surface area contributed by atoms with Crippen molar-refractivity contribution in [3.8, 4) is 0 Å². The summed E-state index contributed by atoms with van der Waals surface area (Å²) in [5, 5.41) is 12.7. The Morgan fingerprint density at radius 2 is 1.94 bits per heavy atom. The van der Waals surface area contributed by atoms with Gasteiger partial charge in [-0.2, -0.15) is 0 Å². The molecule has 2 N–H and O–H groups in total. The number of carbonyl (C=O) groups excluding carboxylic acids is 1. The second-order valence-corrected chi connectivity index (χ2v) is 5.74. The maximum absolute atomic E-state index is 11.9. The van der Waals surface area contributed by atoms with Crippen LogP contribution < -0.4 is 5.32 Å². The van der Waals surface area contributed by atoms with Gasteiger partial charge >= 0.3 is 0 Å². The van der Waals surface area contributed by atoms with Gasteiger partial charge in [-0.05, 0) is 44.4 Å². The van der Waals surface area contributed by atoms with Crippen molar-refractivity contribution in [3.63, 3.8) is 0 Å². The molecule has 2 rings (SSSR count). The van der Waals surface area contributed by atoms with Crippen LogP contribution in [0.2, 0.25) is 0 Å². The molecule has 0 aromatic heterocycles. The minimum atomic E-state index is -0.306. The molecule has 0 aromatic rings. The Kier molecular flexibility index (Phi) is 3.53. The molecule has 2 aliphatic rings. The number of rotatable bonds is 3. The highest BCUT2D eigenvalue weighted by molar-refractivity contribution is 5.80. The standard InChI is InChI=1S/C13H23NO2/c1-10-5-7-13(9-15,8-6-10)14-12(16)11-3-2-4-11/h10-11,15H,2-9H2,1H3,(H,14,16). The fraction of sp³-hybridized carbons (Fsp3) is 0.923. The smallest absolute Gasteiger partial charge is 0.223 e. The minimum Gasteiger partial charge on any atom is -0.394 e. The van der Waals surface area contributed by atoms with E-state index in [0.29, 0.717) is 0 Å². The van der Waals surface area contributed by atoms with E-state index in [0.717, 1.165) is 44.4 Å². The second kappa shape index (κ2) is 4.74. The molecule has 0 aliphatic heterocycles. The Bertz CT molecular complexity index is 253. The van der Waals surface area contributed by atoms with Gasteiger partial charge in [-0.3, -0.25) is 4.79 Å². The average molecular weight is 225 g/mol. The van der Waals surface area contributed by atoms with Gasteiger partial charge in [0.05, 0.1) is 12.1 Å². The van der Waals surface area contributed by atoms with Crippen LogP contribution in [0.1, 0.15) is 51.9 Å². The Hall–Kier alpha value is -0.570. The van der Waals surface area contributed by atoms with Crippen LogP contribution >= 0.6 is 0 Å². The summed E-state index contributed by atoms with van der Waals surface area (Å²) in [4.78, 5) is 11.9. The Labute approximate surface area is 97.6 Å². The molecule has 0 bridgehead atoms. The number of amides is 1. The number of aliphatic hydroxyl groups is 1. The van der Waals surface area contributed by atoms with E-state index in [9.17, 15) is 9.90 Å². The van der Waals surface area contributed by atoms with E-state index in [1.54, 1.807) is 0 Å². The van der Waals surface area contributed by atoms with Crippen molar-refractivity contribution >= 4 is 5.91 Å². The first-order chi connectivity index (χ1) is 7.65. The van der Waals surface area contributed by atoms with Crippen LogP contribution in [0.3, 0.4) is 0 Å². The highest BCUT2D eigenvalue weighted by Gasteiger charge is 2.37. The van der Waals surface area contributed by atoms with Crippen LogP contribution in [0.25, 0.3) is 0 Å². The predicted octanol–water partition coefficient (Wildman–Crippen LogP) is 1.84. The number of hydrogen-bond acceptors (Lipinski definition) is 2. The van der Waals surface area contributed by atoms with Crippen molar-refractivity contribution in [2.45, 2.75) is 57.4 Å². The van der Waals surface area contributed by atoms with Gasteiger partial charge in [0.25, 0.3) is 0 Å². The molecule has 0 aromatic carbocycles. The van der Waals surface area contributed by atoms with Crippen LogP contribution in [0, 0.1) is 11.8 Å². The highest BCUT2D eigenvalue weighted by atomic mass is 16.3. The molecule has 0 unspecified atom stereocenters. The summed E-state index contributed by atoms with van der Waals surface area (Å²) in [5.41, 5.74) is -0.306. The second-order valence-electron chi connectivity index (χ2n) is 5.74. The summed E-state index contributed by atoms with van der Waals surface area (Å²) >= 11 is 0. The first kappa shape index (κ1) is 11.9. The van der Waals surface area contributed by atoms with Gasteiger partial charge in [-0.15, -0.1) is 0 Å². The van der Waals surface area contributed by atoms with Crippen molar-refractivity contribution in [1.82, 2.24) is 5.32 Å². The lowest BCUT2D eigenvalue weighted by Crippen LogP contribution is -2.55. The zero-order chi connectivity index (χ0) is 11.6. The zero-order valence-electron chi connectivity index (χ0n) is 10.2. The molecule has 0 atom stereocenters. The molecule has 0 saturated heterocycles. The summed E-state index contributed by atoms with van der Waals surface area (Å²) in [5.74, 6) is 1.14. The molecule has 92 valence electrons. The molecule has 3 heteroatoms. The van der Waals surface area contributed by atoms with Crippen molar-refractivity contribution in [2.75, 3.05) is 6.61 Å². The summed E-state index contributed by atoms with van der Waals surface area (Å²) in [6.45, 7) is 2.34. The van der Waals surface area contributed by atoms with Gasteiger partial charge in [0, 0.05) is 5.92 Å². The highest BCUT2D eigenvalue weighted by Crippen LogP contribution is 2.33. The lowest BCUT2D eigenvalue weighted by Gasteiger charge is -2.40. The molecule has 0 heterocycles. The Morgan fingerprint density at radius 1 is 1.31 bits per heavy atom. The third-order valence-electron chi connectivity index (χ3n) is 4.40. The summed E-state index contributed by atoms with van der Waals surface area (Å²) in [6.07, 6.45) is 7.35. The van der Waals surface area contributed by atoms with E-state index in [1.807, 2.05) is 0 Å². The van der Waals surface area contributed by atoms with Crippen LogP contribution in [-0.2, 0) is 4.79 Å². The lowest BCUT2D eigenvalue weighted by molar-refractivity contribution is -0.130. The van der Waals surface area contributed by atoms with Crippen LogP contribution in [0.15, 0.2) is 0 Å². The molecular weight excluding hydrogens is 202 g/mol. The number of hydrogen-bond donors (Lipinski definition) is 2. The average Bonchev–Trinajstić information content (AvgIpc) is 2.19. The van der Waals surface area contributed by atoms with Crippen LogP contribution in [-0.4, -0.2) is 23.2 Å². The Morgan fingerprint density at radius 3 is 2.38 bits per heavy atom. The monoisotopic (exact) mass is 225 g/mol. The van der Waals surface area contributed by atoms with Gasteiger partial charge in [-0.1, -0.05) is 13.3 Å². The number of aliphatic hydroxyl groups excluding tert-OH is 1. The van der Waals surface area contributed by atoms with Crippen LogP contribution in [0.5, 0.6) is 0 Å². The molecule has 0 spiro atoms. The molecule has 1 amide bonds. The predicted molar refractivity (Wildman–Crippen MR) is 62.9 cm³/mol. The van der Waals surface area contributed by atoms with Gasteiger partial charge in [-0.25, -0.2) is 0 Å². The van der Waals surface area contributed by atoms with E-state index in [4.69, 9.17) is 0 Å². The van der Waals surface area contributed by atoms with Crippen molar-refractivity contribution in [1.29, 1.82) is 0 Å². The summed E-state index contributed by atoms with van der Waals surface area (Å²) in [6, 6.07) is 0. The van der Waals surface area contributed by atoms with E-state index in [-0.39, 0.29) is 24.0 Å². The summed E-state index contributed by atoms with van der Waals surface area (Å²) in [7, 11) is 0. The zero-order valence-corrected chi connectivity index (χ0v) is 10.2. The normalized spacial score (nSPS) is 35.5. The van der Waals surface area contributed by atoms with E-state index >= 15 is 0 Å². The van der Waals surface area contributed by atoms with E-state index < -0.39 is 0 Å². The third-order valence-corrected chi connectivity index (χ3v) is 4.40. The van der Waals surface area contributed by atoms with Gasteiger partial charge < -0.3 is 10.4 Å². The molecule has 2 fully saturated rings. The fourth-order valence-electron chi connectivity index (χ4n) is 2.67. The molecule has 3 nitrogen and oxygen atoms in total. The van der Waals surface area contributed by atoms with Crippen LogP contribution in [0.4, 0.5) is 0 Å². The van der Waals surface area contributed by atoms with Crippen molar-refractivity contribution < 1.29 is 9.90 Å². The van der Waals surface area contributed by atoms with Gasteiger partial charge in [0.15, 0.2) is 0 Å². The first-order valence-electron chi connectivity index (χ1n) is 6.58. The van der Waals surface area contributed by atoms with E-state index in [2.05, 4.69) is 12.2 Å². The number of nitrogens with one attached hydrogen (secondary N) is 1. The molecule has 2 aliphatic carbocycles. The van der Waals surface area contributed by atoms with E-state index in [1.165, 1.54) is 6.42 Å². The topological polar surface area (TPSA) is 49.3 Å². The van der Waals surface area contributed by atoms with Crippen molar-refractivity contribution in [3.05, 3.63) is 0 Å². The molecule has 0 radical (unpaired) electrons. The molecule has 2 saturated carbocycles. The molecule has 16 heavy (non-hydrogen) atoms. The summed E-state index contributed by atoms with van der Waals surface area (Å²) < 4.78 is 0. The fourth-order valence-corrected chi connectivity index (χ4v) is 2.67. The van der Waals surface area contributed by atoms with Crippen molar-refractivity contribution in [2.24, 2.45) is 11.8 Å². The number of carbonyl (C=O) groups is 1. The minimum absolute atomic E-state index is 0.0954. The maximum Gasteiger partial charge on any atom is 0.223 e. The largest absolute Gasteiger partial charge is 0.394 e.